The predicted octanol–water partition coefficient (Wildman–Crippen LogP) is 1.88. The summed E-state index contributed by atoms with van der Waals surface area (Å²) in [7, 11) is 2.11. The topological polar surface area (TPSA) is 47.1 Å². The molecule has 0 bridgehead atoms. The summed E-state index contributed by atoms with van der Waals surface area (Å²) in [6.07, 6.45) is 0. The molecular formula is C13H20N4. The molecule has 0 saturated carbocycles. The zero-order valence-electron chi connectivity index (χ0n) is 10.8. The molecule has 0 aliphatic heterocycles. The Morgan fingerprint density at radius 3 is 2.88 bits per heavy atom. The zero-order chi connectivity index (χ0) is 12.4. The minimum absolute atomic E-state index is 0.607. The van der Waals surface area contributed by atoms with E-state index in [4.69, 9.17) is 5.73 Å². The minimum atomic E-state index is 0.607. The number of imidazole rings is 1. The maximum Gasteiger partial charge on any atom is 0.201 e. The molecule has 0 aliphatic carbocycles. The molecule has 0 aliphatic rings. The normalized spacial score (nSPS) is 11.5. The molecule has 1 heterocycles. The van der Waals surface area contributed by atoms with E-state index >= 15 is 0 Å². The van der Waals surface area contributed by atoms with Crippen molar-refractivity contribution >= 4 is 17.0 Å². The molecule has 92 valence electrons. The van der Waals surface area contributed by atoms with E-state index in [9.17, 15) is 0 Å². The molecule has 0 radical (unpaired) electrons. The number of rotatable bonds is 4. The van der Waals surface area contributed by atoms with Crippen molar-refractivity contribution in [1.82, 2.24) is 14.5 Å². The maximum atomic E-state index is 5.96. The van der Waals surface area contributed by atoms with Crippen molar-refractivity contribution in [3.63, 3.8) is 0 Å². The van der Waals surface area contributed by atoms with Crippen molar-refractivity contribution in [2.45, 2.75) is 20.4 Å². The highest BCUT2D eigenvalue weighted by Crippen LogP contribution is 2.19. The lowest BCUT2D eigenvalue weighted by Crippen LogP contribution is -2.23. The van der Waals surface area contributed by atoms with Crippen LogP contribution in [0.25, 0.3) is 11.0 Å². The molecule has 2 aromatic rings. The van der Waals surface area contributed by atoms with Crippen LogP contribution in [-0.4, -0.2) is 34.6 Å². The van der Waals surface area contributed by atoms with Gasteiger partial charge in [0.1, 0.15) is 0 Å². The number of nitrogen functional groups attached to an aromatic ring is 1. The van der Waals surface area contributed by atoms with Crippen molar-refractivity contribution in [2.75, 3.05) is 25.9 Å². The maximum absolute atomic E-state index is 5.96. The highest BCUT2D eigenvalue weighted by atomic mass is 15.2. The first-order valence-corrected chi connectivity index (χ1v) is 6.02. The molecule has 4 nitrogen and oxygen atoms in total. The molecule has 0 saturated heterocycles. The summed E-state index contributed by atoms with van der Waals surface area (Å²) in [5.74, 6) is 0.607. The van der Waals surface area contributed by atoms with Gasteiger partial charge in [-0.05, 0) is 38.2 Å². The molecule has 0 unspecified atom stereocenters. The number of hydrogen-bond acceptors (Lipinski definition) is 3. The highest BCUT2D eigenvalue weighted by molar-refractivity contribution is 5.79. The van der Waals surface area contributed by atoms with Crippen LogP contribution in [0.1, 0.15) is 12.5 Å². The number of aromatic nitrogens is 2. The Bertz CT molecular complexity index is 515. The van der Waals surface area contributed by atoms with E-state index in [1.54, 1.807) is 0 Å². The molecule has 1 aromatic heterocycles. The molecule has 17 heavy (non-hydrogen) atoms. The average molecular weight is 232 g/mol. The van der Waals surface area contributed by atoms with Gasteiger partial charge in [0.2, 0.25) is 5.95 Å². The van der Waals surface area contributed by atoms with Crippen molar-refractivity contribution in [1.29, 1.82) is 0 Å². The van der Waals surface area contributed by atoms with Gasteiger partial charge in [0.15, 0.2) is 0 Å². The van der Waals surface area contributed by atoms with Crippen molar-refractivity contribution in [3.05, 3.63) is 23.8 Å². The lowest BCUT2D eigenvalue weighted by Gasteiger charge is -2.15. The number of nitrogens with two attached hydrogens (primary N) is 1. The molecule has 0 fully saturated rings. The summed E-state index contributed by atoms with van der Waals surface area (Å²) in [6.45, 7) is 7.16. The van der Waals surface area contributed by atoms with Crippen LogP contribution in [0.4, 0.5) is 5.95 Å². The van der Waals surface area contributed by atoms with E-state index < -0.39 is 0 Å². The molecule has 4 heteroatoms. The summed E-state index contributed by atoms with van der Waals surface area (Å²) in [5.41, 5.74) is 9.31. The van der Waals surface area contributed by atoms with Crippen LogP contribution in [0, 0.1) is 6.92 Å². The molecule has 0 amide bonds. The second-order valence-electron chi connectivity index (χ2n) is 4.51. The van der Waals surface area contributed by atoms with E-state index in [0.29, 0.717) is 5.95 Å². The first-order chi connectivity index (χ1) is 8.11. The van der Waals surface area contributed by atoms with Gasteiger partial charge in [-0.15, -0.1) is 0 Å². The van der Waals surface area contributed by atoms with Crippen molar-refractivity contribution in [3.8, 4) is 0 Å². The summed E-state index contributed by atoms with van der Waals surface area (Å²) in [5, 5.41) is 0. The van der Waals surface area contributed by atoms with Gasteiger partial charge < -0.3 is 15.2 Å². The van der Waals surface area contributed by atoms with E-state index in [0.717, 1.165) is 30.7 Å². The monoisotopic (exact) mass is 232 g/mol. The summed E-state index contributed by atoms with van der Waals surface area (Å²) in [6, 6.07) is 6.24. The summed E-state index contributed by atoms with van der Waals surface area (Å²) in [4.78, 5) is 6.65. The number of aryl methyl sites for hydroxylation is 1. The summed E-state index contributed by atoms with van der Waals surface area (Å²) >= 11 is 0. The van der Waals surface area contributed by atoms with Crippen molar-refractivity contribution in [2.24, 2.45) is 0 Å². The van der Waals surface area contributed by atoms with Crippen LogP contribution < -0.4 is 5.73 Å². The van der Waals surface area contributed by atoms with Crippen LogP contribution in [0.3, 0.4) is 0 Å². The highest BCUT2D eigenvalue weighted by Gasteiger charge is 2.08. The fraction of sp³-hybridized carbons (Fsp3) is 0.462. The molecule has 2 rings (SSSR count). The number of likely N-dealkylation sites (N-methyl/N-ethyl adjacent to an activating group) is 1. The Balaban J connectivity index is 2.32. The Hall–Kier alpha value is -1.55. The van der Waals surface area contributed by atoms with Gasteiger partial charge >= 0.3 is 0 Å². The Morgan fingerprint density at radius 1 is 1.41 bits per heavy atom. The second-order valence-corrected chi connectivity index (χ2v) is 4.51. The zero-order valence-corrected chi connectivity index (χ0v) is 10.8. The number of hydrogen-bond donors (Lipinski definition) is 1. The second kappa shape index (κ2) is 4.75. The Morgan fingerprint density at radius 2 is 2.18 bits per heavy atom. The van der Waals surface area contributed by atoms with E-state index in [1.807, 2.05) is 6.07 Å². The van der Waals surface area contributed by atoms with Gasteiger partial charge in [0.05, 0.1) is 11.0 Å². The minimum Gasteiger partial charge on any atom is -0.369 e. The molecule has 0 atom stereocenters. The molecule has 0 spiro atoms. The van der Waals surface area contributed by atoms with Gasteiger partial charge in [0.25, 0.3) is 0 Å². The van der Waals surface area contributed by atoms with E-state index in [2.05, 4.69) is 47.5 Å². The summed E-state index contributed by atoms with van der Waals surface area (Å²) < 4.78 is 2.09. The SMILES string of the molecule is CCN(C)CCn1c(N)nc2ccc(C)cc21. The van der Waals surface area contributed by atoms with Crippen LogP contribution >= 0.6 is 0 Å². The van der Waals surface area contributed by atoms with Gasteiger partial charge in [-0.25, -0.2) is 4.98 Å². The lowest BCUT2D eigenvalue weighted by molar-refractivity contribution is 0.338. The van der Waals surface area contributed by atoms with Gasteiger partial charge in [-0.1, -0.05) is 13.0 Å². The van der Waals surface area contributed by atoms with E-state index in [-0.39, 0.29) is 0 Å². The number of nitrogens with zero attached hydrogens (tertiary/aromatic N) is 3. The first kappa shape index (κ1) is 11.9. The van der Waals surface area contributed by atoms with Crippen LogP contribution in [-0.2, 0) is 6.54 Å². The standard InChI is InChI=1S/C13H20N4/c1-4-16(3)7-8-17-12-9-10(2)5-6-11(12)15-13(17)14/h5-6,9H,4,7-8H2,1-3H3,(H2,14,15). The molecule has 2 N–H and O–H groups in total. The first-order valence-electron chi connectivity index (χ1n) is 6.02. The third-order valence-corrected chi connectivity index (χ3v) is 3.18. The number of anilines is 1. The van der Waals surface area contributed by atoms with Crippen LogP contribution in [0.5, 0.6) is 0 Å². The average Bonchev–Trinajstić information content (AvgIpc) is 2.61. The van der Waals surface area contributed by atoms with Crippen molar-refractivity contribution < 1.29 is 0 Å². The lowest BCUT2D eigenvalue weighted by atomic mass is 10.2. The number of fused-ring (bicyclic) bond motifs is 1. The largest absolute Gasteiger partial charge is 0.369 e. The predicted molar refractivity (Wildman–Crippen MR) is 72.1 cm³/mol. The molecular weight excluding hydrogens is 212 g/mol. The van der Waals surface area contributed by atoms with Crippen LogP contribution in [0.2, 0.25) is 0 Å². The third kappa shape index (κ3) is 2.42. The molecule has 1 aromatic carbocycles. The van der Waals surface area contributed by atoms with E-state index in [1.165, 1.54) is 5.56 Å². The van der Waals surface area contributed by atoms with Crippen LogP contribution in [0.15, 0.2) is 18.2 Å². The quantitative estimate of drug-likeness (QED) is 0.875. The Kier molecular flexibility index (Phi) is 3.33. The number of benzene rings is 1. The smallest absolute Gasteiger partial charge is 0.201 e. The third-order valence-electron chi connectivity index (χ3n) is 3.18. The van der Waals surface area contributed by atoms with Gasteiger partial charge in [0, 0.05) is 13.1 Å². The fourth-order valence-corrected chi connectivity index (χ4v) is 1.92. The fourth-order valence-electron chi connectivity index (χ4n) is 1.92. The Labute approximate surface area is 102 Å². The van der Waals surface area contributed by atoms with Gasteiger partial charge in [-0.3, -0.25) is 0 Å². The van der Waals surface area contributed by atoms with Gasteiger partial charge in [-0.2, -0.15) is 0 Å².